The molecular formula is C19H22ClFN2O3S. The molecule has 27 heavy (non-hydrogen) atoms. The highest BCUT2D eigenvalue weighted by molar-refractivity contribution is 7.89. The van der Waals surface area contributed by atoms with E-state index >= 15 is 0 Å². The molecule has 0 spiro atoms. The van der Waals surface area contributed by atoms with E-state index in [1.165, 1.54) is 11.0 Å². The van der Waals surface area contributed by atoms with Crippen LogP contribution in [0.1, 0.15) is 29.8 Å². The average Bonchev–Trinajstić information content (AvgIpc) is 2.64. The summed E-state index contributed by atoms with van der Waals surface area (Å²) in [4.78, 5) is 13.6. The van der Waals surface area contributed by atoms with Gasteiger partial charge in [-0.15, -0.1) is 0 Å². The molecule has 2 aromatic rings. The lowest BCUT2D eigenvalue weighted by atomic mass is 10.1. The minimum absolute atomic E-state index is 0.0942. The third kappa shape index (κ3) is 4.66. The summed E-state index contributed by atoms with van der Waals surface area (Å²) in [6.07, 6.45) is 0. The highest BCUT2D eigenvalue weighted by atomic mass is 35.5. The number of sulfonamides is 1. The summed E-state index contributed by atoms with van der Waals surface area (Å²) < 4.78 is 40.6. The highest BCUT2D eigenvalue weighted by Crippen LogP contribution is 2.22. The van der Waals surface area contributed by atoms with Crippen LogP contribution >= 0.6 is 11.6 Å². The predicted molar refractivity (Wildman–Crippen MR) is 104 cm³/mol. The molecule has 0 unspecified atom stereocenters. The largest absolute Gasteiger partial charge is 0.337 e. The summed E-state index contributed by atoms with van der Waals surface area (Å²) in [5.41, 5.74) is 0.852. The van der Waals surface area contributed by atoms with Gasteiger partial charge in [0.15, 0.2) is 0 Å². The van der Waals surface area contributed by atoms with Crippen molar-refractivity contribution in [2.45, 2.75) is 25.3 Å². The van der Waals surface area contributed by atoms with Gasteiger partial charge in [-0.2, -0.15) is 4.31 Å². The van der Waals surface area contributed by atoms with Gasteiger partial charge in [0.1, 0.15) is 10.7 Å². The second kappa shape index (κ2) is 8.82. The molecule has 1 amide bonds. The lowest BCUT2D eigenvalue weighted by Crippen LogP contribution is -2.32. The summed E-state index contributed by atoms with van der Waals surface area (Å²) in [6, 6.07) is 10.5. The number of amides is 1. The quantitative estimate of drug-likeness (QED) is 0.695. The summed E-state index contributed by atoms with van der Waals surface area (Å²) in [5, 5.41) is 0.529. The van der Waals surface area contributed by atoms with Crippen molar-refractivity contribution >= 4 is 27.5 Å². The molecule has 0 bridgehead atoms. The molecular weight excluding hydrogens is 391 g/mol. The van der Waals surface area contributed by atoms with Crippen LogP contribution in [0.25, 0.3) is 0 Å². The van der Waals surface area contributed by atoms with Gasteiger partial charge < -0.3 is 4.90 Å². The van der Waals surface area contributed by atoms with Gasteiger partial charge in [-0.3, -0.25) is 4.79 Å². The van der Waals surface area contributed by atoms with E-state index in [4.69, 9.17) is 11.6 Å². The number of rotatable bonds is 7. The summed E-state index contributed by atoms with van der Waals surface area (Å²) in [6.45, 7) is 4.01. The van der Waals surface area contributed by atoms with Crippen LogP contribution in [0.15, 0.2) is 47.4 Å². The molecule has 5 nitrogen and oxygen atoms in total. The molecule has 0 atom stereocenters. The zero-order valence-corrected chi connectivity index (χ0v) is 17.0. The molecule has 146 valence electrons. The van der Waals surface area contributed by atoms with E-state index in [0.717, 1.165) is 22.0 Å². The molecule has 0 radical (unpaired) electrons. The maximum Gasteiger partial charge on any atom is 0.253 e. The molecule has 0 aliphatic heterocycles. The van der Waals surface area contributed by atoms with Crippen molar-refractivity contribution in [2.75, 3.05) is 20.1 Å². The van der Waals surface area contributed by atoms with Crippen LogP contribution in [-0.2, 0) is 16.6 Å². The van der Waals surface area contributed by atoms with Crippen molar-refractivity contribution < 1.29 is 17.6 Å². The lowest BCUT2D eigenvalue weighted by molar-refractivity contribution is 0.0785. The fraction of sp³-hybridized carbons (Fsp3) is 0.316. The standard InChI is InChI=1S/C19H22ClFN2O3S/c1-4-23(5-2)27(25,26)18-12-14(10-11-17(18)21)19(24)22(3)13-15-8-6-7-9-16(15)20/h6-12H,4-5,13H2,1-3H3. The van der Waals surface area contributed by atoms with Gasteiger partial charge in [-0.1, -0.05) is 43.6 Å². The number of carbonyl (C=O) groups is 1. The zero-order valence-electron chi connectivity index (χ0n) is 15.4. The van der Waals surface area contributed by atoms with Crippen molar-refractivity contribution in [1.82, 2.24) is 9.21 Å². The van der Waals surface area contributed by atoms with Gasteiger partial charge in [0, 0.05) is 37.3 Å². The SMILES string of the molecule is CCN(CC)S(=O)(=O)c1cc(C(=O)N(C)Cc2ccccc2Cl)ccc1F. The van der Waals surface area contributed by atoms with Crippen LogP contribution in [0.5, 0.6) is 0 Å². The molecule has 0 saturated heterocycles. The fourth-order valence-corrected chi connectivity index (χ4v) is 4.45. The monoisotopic (exact) mass is 412 g/mol. The summed E-state index contributed by atoms with van der Waals surface area (Å²) in [5.74, 6) is -1.31. The molecule has 0 aliphatic rings. The van der Waals surface area contributed by atoms with Gasteiger partial charge in [-0.05, 0) is 29.8 Å². The van der Waals surface area contributed by atoms with E-state index in [0.29, 0.717) is 5.02 Å². The van der Waals surface area contributed by atoms with E-state index in [2.05, 4.69) is 0 Å². The van der Waals surface area contributed by atoms with Crippen molar-refractivity contribution in [2.24, 2.45) is 0 Å². The first kappa shape index (κ1) is 21.3. The van der Waals surface area contributed by atoms with Crippen LogP contribution in [-0.4, -0.2) is 43.7 Å². The number of benzene rings is 2. The van der Waals surface area contributed by atoms with Crippen LogP contribution < -0.4 is 0 Å². The Morgan fingerprint density at radius 1 is 1.11 bits per heavy atom. The molecule has 0 aromatic heterocycles. The van der Waals surface area contributed by atoms with E-state index in [9.17, 15) is 17.6 Å². The third-order valence-corrected chi connectivity index (χ3v) is 6.65. The molecule has 0 fully saturated rings. The first-order chi connectivity index (χ1) is 12.7. The number of hydrogen-bond donors (Lipinski definition) is 0. The lowest BCUT2D eigenvalue weighted by Gasteiger charge is -2.21. The smallest absolute Gasteiger partial charge is 0.253 e. The molecule has 8 heteroatoms. The molecule has 0 saturated carbocycles. The topological polar surface area (TPSA) is 57.7 Å². The summed E-state index contributed by atoms with van der Waals surface area (Å²) in [7, 11) is -2.44. The first-order valence-corrected chi connectivity index (χ1v) is 10.3. The van der Waals surface area contributed by atoms with Crippen LogP contribution in [0, 0.1) is 5.82 Å². The Labute approximate surface area is 164 Å². The minimum atomic E-state index is -4.01. The Morgan fingerprint density at radius 3 is 2.33 bits per heavy atom. The molecule has 0 N–H and O–H groups in total. The van der Waals surface area contributed by atoms with E-state index in [-0.39, 0.29) is 25.2 Å². The molecule has 0 heterocycles. The van der Waals surface area contributed by atoms with E-state index < -0.39 is 26.6 Å². The normalized spacial score (nSPS) is 11.6. The van der Waals surface area contributed by atoms with E-state index in [1.54, 1.807) is 39.1 Å². The van der Waals surface area contributed by atoms with Gasteiger partial charge in [-0.25, -0.2) is 12.8 Å². The number of nitrogens with zero attached hydrogens (tertiary/aromatic N) is 2. The Kier molecular flexibility index (Phi) is 6.97. The van der Waals surface area contributed by atoms with Crippen LogP contribution in [0.4, 0.5) is 4.39 Å². The Bertz CT molecular complexity index is 930. The average molecular weight is 413 g/mol. The van der Waals surface area contributed by atoms with Crippen LogP contribution in [0.3, 0.4) is 0 Å². The van der Waals surface area contributed by atoms with Gasteiger partial charge >= 0.3 is 0 Å². The Balaban J connectivity index is 2.34. The number of hydrogen-bond acceptors (Lipinski definition) is 3. The fourth-order valence-electron chi connectivity index (χ4n) is 2.71. The second-order valence-corrected chi connectivity index (χ2v) is 8.30. The van der Waals surface area contributed by atoms with Crippen molar-refractivity contribution in [1.29, 1.82) is 0 Å². The zero-order chi connectivity index (χ0) is 20.2. The maximum absolute atomic E-state index is 14.2. The molecule has 0 aliphatic carbocycles. The first-order valence-electron chi connectivity index (χ1n) is 8.50. The highest BCUT2D eigenvalue weighted by Gasteiger charge is 2.27. The van der Waals surface area contributed by atoms with Gasteiger partial charge in [0.25, 0.3) is 5.91 Å². The van der Waals surface area contributed by atoms with Crippen molar-refractivity contribution in [3.63, 3.8) is 0 Å². The minimum Gasteiger partial charge on any atom is -0.337 e. The predicted octanol–water partition coefficient (Wildman–Crippen LogP) is 3.78. The summed E-state index contributed by atoms with van der Waals surface area (Å²) >= 11 is 6.12. The van der Waals surface area contributed by atoms with Gasteiger partial charge in [0.05, 0.1) is 0 Å². The van der Waals surface area contributed by atoms with Crippen molar-refractivity contribution in [3.8, 4) is 0 Å². The molecule has 2 rings (SSSR count). The number of carbonyl (C=O) groups excluding carboxylic acids is 1. The second-order valence-electron chi connectivity index (χ2n) is 5.99. The third-order valence-electron chi connectivity index (χ3n) is 4.21. The Morgan fingerprint density at radius 2 is 1.74 bits per heavy atom. The van der Waals surface area contributed by atoms with Gasteiger partial charge in [0.2, 0.25) is 10.0 Å². The van der Waals surface area contributed by atoms with Crippen LogP contribution in [0.2, 0.25) is 5.02 Å². The maximum atomic E-state index is 14.2. The molecule has 2 aromatic carbocycles. The van der Waals surface area contributed by atoms with Crippen molar-refractivity contribution in [3.05, 3.63) is 64.4 Å². The van der Waals surface area contributed by atoms with E-state index in [1.807, 2.05) is 6.07 Å². The Hall–Kier alpha value is -1.96. The number of halogens is 2.